The van der Waals surface area contributed by atoms with E-state index in [1.807, 2.05) is 38.1 Å². The van der Waals surface area contributed by atoms with Gasteiger partial charge in [0.05, 0.1) is 5.69 Å². The Hall–Kier alpha value is -2.99. The fraction of sp³-hybridized carbons (Fsp3) is 0.393. The minimum Gasteiger partial charge on any atom is -0.366 e. The van der Waals surface area contributed by atoms with Crippen LogP contribution in [0.3, 0.4) is 0 Å². The minimum atomic E-state index is -0.457. The Bertz CT molecular complexity index is 1210. The Balaban J connectivity index is 1.79. The first-order valence-electron chi connectivity index (χ1n) is 12.0. The molecule has 1 saturated heterocycles. The van der Waals surface area contributed by atoms with Crippen molar-refractivity contribution in [2.75, 3.05) is 16.3 Å². The molecular formula is C28H33N3O2S. The number of aryl methyl sites for hydroxylation is 2. The van der Waals surface area contributed by atoms with Gasteiger partial charge in [-0.25, -0.2) is 0 Å². The zero-order valence-corrected chi connectivity index (χ0v) is 21.7. The first kappa shape index (κ1) is 24.1. The van der Waals surface area contributed by atoms with Crippen LogP contribution in [0, 0.1) is 6.92 Å². The predicted molar refractivity (Wildman–Crippen MR) is 143 cm³/mol. The Morgan fingerprint density at radius 3 is 2.53 bits per heavy atom. The maximum atomic E-state index is 13.6. The zero-order valence-electron chi connectivity index (χ0n) is 20.9. The number of hydrogen-bond donors (Lipinski definition) is 1. The summed E-state index contributed by atoms with van der Waals surface area (Å²) in [7, 11) is 0. The summed E-state index contributed by atoms with van der Waals surface area (Å²) in [5.41, 5.74) is 6.29. The fourth-order valence-corrected chi connectivity index (χ4v) is 5.74. The van der Waals surface area contributed by atoms with Gasteiger partial charge in [-0.1, -0.05) is 32.0 Å². The van der Waals surface area contributed by atoms with E-state index < -0.39 is 11.8 Å². The van der Waals surface area contributed by atoms with E-state index >= 15 is 0 Å². The lowest BCUT2D eigenvalue weighted by molar-refractivity contribution is -0.122. The molecule has 0 saturated carbocycles. The van der Waals surface area contributed by atoms with E-state index in [0.717, 1.165) is 36.1 Å². The van der Waals surface area contributed by atoms with Crippen molar-refractivity contribution in [1.82, 2.24) is 5.32 Å². The molecule has 2 heterocycles. The third-order valence-corrected chi connectivity index (χ3v) is 7.39. The van der Waals surface area contributed by atoms with E-state index in [4.69, 9.17) is 12.2 Å². The molecule has 0 radical (unpaired) electrons. The van der Waals surface area contributed by atoms with Crippen molar-refractivity contribution in [1.29, 1.82) is 0 Å². The number of nitrogens with one attached hydrogen (secondary N) is 1. The summed E-state index contributed by atoms with van der Waals surface area (Å²) in [6.45, 7) is 14.0. The highest BCUT2D eigenvalue weighted by atomic mass is 32.1. The molecule has 2 aliphatic rings. The summed E-state index contributed by atoms with van der Waals surface area (Å²) in [5, 5.41) is 2.83. The van der Waals surface area contributed by atoms with Crippen molar-refractivity contribution in [2.45, 2.75) is 65.8 Å². The van der Waals surface area contributed by atoms with Gasteiger partial charge in [-0.15, -0.1) is 0 Å². The highest BCUT2D eigenvalue weighted by Crippen LogP contribution is 2.44. The molecule has 0 unspecified atom stereocenters. The van der Waals surface area contributed by atoms with E-state index in [1.165, 1.54) is 16.2 Å². The second-order valence-corrected chi connectivity index (χ2v) is 10.3. The average Bonchev–Trinajstić information content (AvgIpc) is 2.77. The second kappa shape index (κ2) is 8.99. The molecule has 2 aliphatic heterocycles. The summed E-state index contributed by atoms with van der Waals surface area (Å²) < 4.78 is 0. The molecule has 1 N–H and O–H groups in total. The van der Waals surface area contributed by atoms with Crippen LogP contribution in [-0.4, -0.2) is 29.0 Å². The van der Waals surface area contributed by atoms with Crippen LogP contribution in [0.25, 0.3) is 6.08 Å². The number of hydrogen-bond acceptors (Lipinski definition) is 4. The average molecular weight is 476 g/mol. The molecule has 1 fully saturated rings. The number of amides is 2. The van der Waals surface area contributed by atoms with Crippen LogP contribution in [0.2, 0.25) is 0 Å². The van der Waals surface area contributed by atoms with Gasteiger partial charge in [0.1, 0.15) is 5.57 Å². The smallest absolute Gasteiger partial charge is 0.270 e. The highest BCUT2D eigenvalue weighted by molar-refractivity contribution is 7.80. The fourth-order valence-electron chi connectivity index (χ4n) is 5.46. The van der Waals surface area contributed by atoms with E-state index in [9.17, 15) is 9.59 Å². The molecule has 178 valence electrons. The van der Waals surface area contributed by atoms with Crippen molar-refractivity contribution < 1.29 is 9.59 Å². The zero-order chi connectivity index (χ0) is 24.8. The molecule has 2 aromatic rings. The van der Waals surface area contributed by atoms with Gasteiger partial charge in [-0.3, -0.25) is 19.8 Å². The van der Waals surface area contributed by atoms with Crippen LogP contribution >= 0.6 is 12.2 Å². The van der Waals surface area contributed by atoms with Gasteiger partial charge >= 0.3 is 0 Å². The van der Waals surface area contributed by atoms with Crippen LogP contribution in [0.5, 0.6) is 0 Å². The number of carbonyl (C=O) groups excluding carboxylic acids is 2. The number of rotatable bonds is 4. The molecule has 0 aliphatic carbocycles. The van der Waals surface area contributed by atoms with Crippen LogP contribution < -0.4 is 15.1 Å². The van der Waals surface area contributed by atoms with Crippen LogP contribution in [0.4, 0.5) is 11.4 Å². The van der Waals surface area contributed by atoms with Gasteiger partial charge < -0.3 is 4.90 Å². The summed E-state index contributed by atoms with van der Waals surface area (Å²) in [5.74, 6) is -0.472. The van der Waals surface area contributed by atoms with Crippen molar-refractivity contribution in [3.05, 3.63) is 64.2 Å². The number of para-hydroxylation sites is 1. The minimum absolute atomic E-state index is 0.0790. The van der Waals surface area contributed by atoms with E-state index in [2.05, 4.69) is 50.0 Å². The molecule has 0 bridgehead atoms. The number of thiocarbonyl (C=S) groups is 1. The maximum Gasteiger partial charge on any atom is 0.270 e. The summed E-state index contributed by atoms with van der Waals surface area (Å²) in [6, 6.07) is 12.0. The molecule has 6 heteroatoms. The van der Waals surface area contributed by atoms with Crippen molar-refractivity contribution in [3.63, 3.8) is 0 Å². The Morgan fingerprint density at radius 2 is 1.85 bits per heavy atom. The SMILES string of the molecule is CCc1ccccc1N1C(=O)/C(=C/c2cc3c(cc2C)N(CC)C(C)(C)C[C@@H]3C)C(=O)NC1=S. The number of carbonyl (C=O) groups is 2. The summed E-state index contributed by atoms with van der Waals surface area (Å²) >= 11 is 5.40. The van der Waals surface area contributed by atoms with Crippen molar-refractivity contribution >= 4 is 46.6 Å². The lowest BCUT2D eigenvalue weighted by Gasteiger charge is -2.47. The molecule has 2 aromatic carbocycles. The molecule has 0 spiro atoms. The van der Waals surface area contributed by atoms with E-state index in [-0.39, 0.29) is 16.2 Å². The maximum absolute atomic E-state index is 13.6. The largest absolute Gasteiger partial charge is 0.366 e. The van der Waals surface area contributed by atoms with Gasteiger partial charge in [-0.2, -0.15) is 0 Å². The third kappa shape index (κ3) is 4.05. The van der Waals surface area contributed by atoms with Crippen molar-refractivity contribution in [3.8, 4) is 0 Å². The lowest BCUT2D eigenvalue weighted by atomic mass is 9.79. The van der Waals surface area contributed by atoms with Crippen LogP contribution in [0.1, 0.15) is 69.2 Å². The molecule has 0 aromatic heterocycles. The van der Waals surface area contributed by atoms with Gasteiger partial charge in [0, 0.05) is 17.8 Å². The first-order chi connectivity index (χ1) is 16.1. The second-order valence-electron chi connectivity index (χ2n) is 9.87. The standard InChI is InChI=1S/C28H33N3O2S/c1-7-19-11-9-10-12-23(19)31-26(33)22(25(32)29-27(31)34)15-20-14-21-18(4)16-28(5,6)30(8-2)24(21)13-17(20)3/h9-15,18H,7-8,16H2,1-6H3,(H,29,32,34)/b22-15+/t18-/m0/s1. The summed E-state index contributed by atoms with van der Waals surface area (Å²) in [6.07, 6.45) is 3.52. The molecule has 4 rings (SSSR count). The first-order valence-corrected chi connectivity index (χ1v) is 12.4. The Labute approximate surface area is 207 Å². The normalized spacial score (nSPS) is 21.1. The molecule has 5 nitrogen and oxygen atoms in total. The van der Waals surface area contributed by atoms with E-state index in [0.29, 0.717) is 11.6 Å². The van der Waals surface area contributed by atoms with Gasteiger partial charge in [0.2, 0.25) is 0 Å². The Morgan fingerprint density at radius 1 is 1.15 bits per heavy atom. The third-order valence-electron chi connectivity index (χ3n) is 7.10. The molecule has 1 atom stereocenters. The Kier molecular flexibility index (Phi) is 6.38. The monoisotopic (exact) mass is 475 g/mol. The van der Waals surface area contributed by atoms with Crippen molar-refractivity contribution in [2.24, 2.45) is 0 Å². The highest BCUT2D eigenvalue weighted by Gasteiger charge is 2.37. The van der Waals surface area contributed by atoms with Crippen LogP contribution in [0.15, 0.2) is 42.0 Å². The number of benzene rings is 2. The van der Waals surface area contributed by atoms with E-state index in [1.54, 1.807) is 6.08 Å². The number of fused-ring (bicyclic) bond motifs is 1. The lowest BCUT2D eigenvalue weighted by Crippen LogP contribution is -2.54. The molecular weight excluding hydrogens is 442 g/mol. The molecule has 34 heavy (non-hydrogen) atoms. The summed E-state index contributed by atoms with van der Waals surface area (Å²) in [4.78, 5) is 30.3. The predicted octanol–water partition coefficient (Wildman–Crippen LogP) is 5.50. The van der Waals surface area contributed by atoms with Crippen LogP contribution in [-0.2, 0) is 16.0 Å². The van der Waals surface area contributed by atoms with Gasteiger partial charge in [-0.05, 0) is 105 Å². The quantitative estimate of drug-likeness (QED) is 0.360. The number of anilines is 2. The van der Waals surface area contributed by atoms with Gasteiger partial charge in [0.15, 0.2) is 5.11 Å². The molecule has 2 amide bonds. The van der Waals surface area contributed by atoms with Gasteiger partial charge in [0.25, 0.3) is 11.8 Å². The topological polar surface area (TPSA) is 52.7 Å². The number of nitrogens with zero attached hydrogens (tertiary/aromatic N) is 2.